The molecule has 4 heteroatoms. The summed E-state index contributed by atoms with van der Waals surface area (Å²) < 4.78 is 0. The summed E-state index contributed by atoms with van der Waals surface area (Å²) in [6, 6.07) is 7.41. The fourth-order valence-corrected chi connectivity index (χ4v) is 2.58. The predicted molar refractivity (Wildman–Crippen MR) is 74.8 cm³/mol. The van der Waals surface area contributed by atoms with Crippen LogP contribution in [0.2, 0.25) is 13.1 Å². The fourth-order valence-electron chi connectivity index (χ4n) is 1.32. The Kier molecular flexibility index (Phi) is 4.87. The molecular weight excluding hydrogens is 244 g/mol. The Morgan fingerprint density at radius 3 is 2.17 bits per heavy atom. The van der Waals surface area contributed by atoms with Crippen LogP contribution in [0.3, 0.4) is 0 Å². The van der Waals surface area contributed by atoms with Crippen molar-refractivity contribution in [2.45, 2.75) is 26.9 Å². The van der Waals surface area contributed by atoms with Gasteiger partial charge in [-0.05, 0) is 26.0 Å². The molecule has 0 unspecified atom stereocenters. The Labute approximate surface area is 109 Å². The number of carbonyl (C=O) groups excluding carboxylic acids is 1. The summed E-state index contributed by atoms with van der Waals surface area (Å²) in [6.07, 6.45) is 0.583. The largest absolute Gasteiger partial charge is 0.373 e. The highest BCUT2D eigenvalue weighted by molar-refractivity contribution is 6.93. The zero-order chi connectivity index (χ0) is 13.8. The molecule has 0 amide bonds. The molecule has 1 rings (SSSR count). The average Bonchev–Trinajstić information content (AvgIpc) is 2.36. The molecule has 0 heterocycles. The number of benzene rings is 1. The molecule has 0 bridgehead atoms. The second-order valence-corrected chi connectivity index (χ2v) is 9.29. The molecule has 0 aliphatic heterocycles. The topological polar surface area (TPSA) is 35.5 Å². The van der Waals surface area contributed by atoms with Crippen molar-refractivity contribution in [2.24, 2.45) is 0 Å². The number of carbonyl (C=O) groups is 1. The molecule has 0 aliphatic rings. The fraction of sp³-hybridized carbons (Fsp3) is 0.286. The monoisotopic (exact) mass is 263 g/mol. The third-order valence-electron chi connectivity index (χ3n) is 2.66. The zero-order valence-electron chi connectivity index (χ0n) is 11.3. The van der Waals surface area contributed by atoms with Crippen LogP contribution in [0.25, 0.3) is 0 Å². The third-order valence-corrected chi connectivity index (χ3v) is 5.50. The van der Waals surface area contributed by atoms with Crippen molar-refractivity contribution in [1.29, 1.82) is 0 Å². The highest BCUT2D eigenvalue weighted by Gasteiger charge is 2.19. The van der Waals surface area contributed by atoms with Gasteiger partial charge in [-0.25, -0.2) is 4.79 Å². The van der Waals surface area contributed by atoms with E-state index in [2.05, 4.69) is 24.6 Å². The third kappa shape index (κ3) is 3.82. The zero-order valence-corrected chi connectivity index (χ0v) is 12.3. The summed E-state index contributed by atoms with van der Waals surface area (Å²) in [5, 5.41) is 1.23. The Hall–Kier alpha value is -1.39. The first-order chi connectivity index (χ1) is 8.36. The van der Waals surface area contributed by atoms with Crippen molar-refractivity contribution in [3.05, 3.63) is 48.2 Å². The lowest BCUT2D eigenvalue weighted by Gasteiger charge is -2.17. The highest BCUT2D eigenvalue weighted by Crippen LogP contribution is 2.08. The molecule has 0 saturated carbocycles. The Bertz CT molecular complexity index is 421. The van der Waals surface area contributed by atoms with Gasteiger partial charge in [-0.15, -0.1) is 6.58 Å². The molecule has 0 atom stereocenters. The van der Waals surface area contributed by atoms with Crippen LogP contribution in [0.15, 0.2) is 36.5 Å². The molecule has 1 radical (unpaired) electrons. The molecule has 0 fully saturated rings. The van der Waals surface area contributed by atoms with E-state index < -0.39 is 14.0 Å². The van der Waals surface area contributed by atoms with Crippen molar-refractivity contribution in [3.8, 4) is 0 Å². The predicted octanol–water partition coefficient (Wildman–Crippen LogP) is 2.99. The van der Waals surface area contributed by atoms with Gasteiger partial charge < -0.3 is 0 Å². The second-order valence-electron chi connectivity index (χ2n) is 4.87. The quantitative estimate of drug-likeness (QED) is 0.465. The van der Waals surface area contributed by atoms with Gasteiger partial charge in [-0.3, -0.25) is 4.89 Å². The Morgan fingerprint density at radius 1 is 1.17 bits per heavy atom. The lowest BCUT2D eigenvalue weighted by Crippen LogP contribution is -2.39. The van der Waals surface area contributed by atoms with Gasteiger partial charge in [0.15, 0.2) is 0 Å². The van der Waals surface area contributed by atoms with Crippen LogP contribution in [0.5, 0.6) is 0 Å². The van der Waals surface area contributed by atoms with Crippen LogP contribution in [0, 0.1) is 6.10 Å². The van der Waals surface area contributed by atoms with E-state index in [4.69, 9.17) is 4.89 Å². The smallest absolute Gasteiger partial charge is 0.292 e. The van der Waals surface area contributed by atoms with Crippen molar-refractivity contribution >= 4 is 19.2 Å². The first-order valence-corrected chi connectivity index (χ1v) is 8.87. The van der Waals surface area contributed by atoms with Gasteiger partial charge in [0.1, 0.15) is 14.2 Å². The highest BCUT2D eigenvalue weighted by atomic mass is 28.3. The van der Waals surface area contributed by atoms with Gasteiger partial charge >= 0.3 is 5.97 Å². The molecule has 0 saturated heterocycles. The molecule has 3 nitrogen and oxygen atoms in total. The lowest BCUT2D eigenvalue weighted by atomic mass is 10.2. The summed E-state index contributed by atoms with van der Waals surface area (Å²) in [4.78, 5) is 21.0. The van der Waals surface area contributed by atoms with Crippen LogP contribution in [-0.4, -0.2) is 14.0 Å². The van der Waals surface area contributed by atoms with Gasteiger partial charge in [-0.2, -0.15) is 4.89 Å². The molecule has 97 valence electrons. The van der Waals surface area contributed by atoms with E-state index in [1.165, 1.54) is 5.19 Å². The lowest BCUT2D eigenvalue weighted by molar-refractivity contribution is -0.229. The summed E-state index contributed by atoms with van der Waals surface area (Å²) in [5.41, 5.74) is 2.49. The summed E-state index contributed by atoms with van der Waals surface area (Å²) in [6.45, 7) is 11.7. The molecule has 0 aliphatic carbocycles. The minimum Gasteiger partial charge on any atom is -0.292 e. The molecule has 1 aromatic carbocycles. The maximum atomic E-state index is 11.6. The molecule has 0 aromatic heterocycles. The van der Waals surface area contributed by atoms with Gasteiger partial charge in [-0.1, -0.05) is 36.1 Å². The molecular formula is C14H19O3Si. The SMILES string of the molecule is C=C[Si](C)(C)c1ccc(C(=O)OO[C](C)C)cc1. The van der Waals surface area contributed by atoms with E-state index in [1.807, 2.05) is 17.8 Å². The second kappa shape index (κ2) is 5.98. The maximum Gasteiger partial charge on any atom is 0.373 e. The van der Waals surface area contributed by atoms with E-state index in [9.17, 15) is 4.79 Å². The Balaban J connectivity index is 2.77. The van der Waals surface area contributed by atoms with E-state index in [1.54, 1.807) is 26.0 Å². The van der Waals surface area contributed by atoms with Crippen LogP contribution in [0.4, 0.5) is 0 Å². The average molecular weight is 263 g/mol. The standard InChI is InChI=1S/C14H19O3Si/c1-6-18(4,5)13-9-7-12(8-10-13)14(15)17-16-11(2)3/h6-10H,1H2,2-5H3. The molecule has 0 spiro atoms. The normalized spacial score (nSPS) is 11.4. The van der Waals surface area contributed by atoms with Crippen molar-refractivity contribution in [3.63, 3.8) is 0 Å². The molecule has 0 N–H and O–H groups in total. The molecule has 1 aromatic rings. The first-order valence-electron chi connectivity index (χ1n) is 5.80. The van der Waals surface area contributed by atoms with Gasteiger partial charge in [0, 0.05) is 0 Å². The number of hydrogen-bond donors (Lipinski definition) is 0. The van der Waals surface area contributed by atoms with Crippen molar-refractivity contribution < 1.29 is 14.6 Å². The van der Waals surface area contributed by atoms with Gasteiger partial charge in [0.05, 0.1) is 5.56 Å². The van der Waals surface area contributed by atoms with E-state index in [0.29, 0.717) is 11.7 Å². The number of hydrogen-bond acceptors (Lipinski definition) is 3. The first kappa shape index (κ1) is 14.7. The van der Waals surface area contributed by atoms with Crippen LogP contribution in [-0.2, 0) is 9.78 Å². The summed E-state index contributed by atoms with van der Waals surface area (Å²) in [5.74, 6) is -0.485. The molecule has 18 heavy (non-hydrogen) atoms. The summed E-state index contributed by atoms with van der Waals surface area (Å²) in [7, 11) is -1.57. The van der Waals surface area contributed by atoms with Crippen LogP contribution >= 0.6 is 0 Å². The van der Waals surface area contributed by atoms with Crippen molar-refractivity contribution in [2.75, 3.05) is 0 Å². The van der Waals surface area contributed by atoms with E-state index in [-0.39, 0.29) is 0 Å². The van der Waals surface area contributed by atoms with Crippen LogP contribution < -0.4 is 5.19 Å². The van der Waals surface area contributed by atoms with Crippen molar-refractivity contribution in [1.82, 2.24) is 0 Å². The number of rotatable bonds is 5. The van der Waals surface area contributed by atoms with Crippen LogP contribution in [0.1, 0.15) is 24.2 Å². The van der Waals surface area contributed by atoms with Gasteiger partial charge in [0.25, 0.3) is 0 Å². The Morgan fingerprint density at radius 2 is 1.72 bits per heavy atom. The summed E-state index contributed by atoms with van der Waals surface area (Å²) >= 11 is 0. The van der Waals surface area contributed by atoms with E-state index >= 15 is 0 Å². The van der Waals surface area contributed by atoms with Gasteiger partial charge in [0.2, 0.25) is 0 Å². The minimum absolute atomic E-state index is 0.480. The minimum atomic E-state index is -1.57. The maximum absolute atomic E-state index is 11.6. The van der Waals surface area contributed by atoms with E-state index in [0.717, 1.165) is 0 Å².